The molecule has 0 saturated carbocycles. The zero-order chi connectivity index (χ0) is 21.6. The third-order valence-electron chi connectivity index (χ3n) is 5.36. The third kappa shape index (κ3) is 12.3. The molecule has 0 spiro atoms. The molecular formula is C22H53NO2Si3. The molecule has 0 aliphatic rings. The van der Waals surface area contributed by atoms with Gasteiger partial charge in [0.15, 0.2) is 0 Å². The van der Waals surface area contributed by atoms with Crippen LogP contribution in [0.3, 0.4) is 0 Å². The van der Waals surface area contributed by atoms with E-state index in [1.807, 2.05) is 0 Å². The van der Waals surface area contributed by atoms with Crippen LogP contribution in [0.15, 0.2) is 0 Å². The lowest BCUT2D eigenvalue weighted by molar-refractivity contribution is 0.190. The number of unbranched alkanes of at least 4 members (excludes halogenated alkanes) is 8. The van der Waals surface area contributed by atoms with E-state index in [2.05, 4.69) is 64.3 Å². The van der Waals surface area contributed by atoms with Gasteiger partial charge in [-0.1, -0.05) is 104 Å². The average molecular weight is 448 g/mol. The predicted molar refractivity (Wildman–Crippen MR) is 135 cm³/mol. The zero-order valence-electron chi connectivity index (χ0n) is 20.9. The molecule has 0 fully saturated rings. The van der Waals surface area contributed by atoms with E-state index in [4.69, 9.17) is 8.85 Å². The summed E-state index contributed by atoms with van der Waals surface area (Å²) >= 11 is 0. The summed E-state index contributed by atoms with van der Waals surface area (Å²) in [4.78, 5) is 0. The van der Waals surface area contributed by atoms with Crippen molar-refractivity contribution in [1.29, 1.82) is 0 Å². The van der Waals surface area contributed by atoms with Crippen LogP contribution in [0.5, 0.6) is 0 Å². The van der Waals surface area contributed by atoms with Crippen molar-refractivity contribution in [3.05, 3.63) is 0 Å². The van der Waals surface area contributed by atoms with E-state index in [1.54, 1.807) is 0 Å². The molecule has 1 atom stereocenters. The van der Waals surface area contributed by atoms with Crippen LogP contribution < -0.4 is 0 Å². The van der Waals surface area contributed by atoms with Gasteiger partial charge < -0.3 is 13.1 Å². The fourth-order valence-corrected chi connectivity index (χ4v) is 20.3. The average Bonchev–Trinajstić information content (AvgIpc) is 2.56. The Morgan fingerprint density at radius 3 is 1.39 bits per heavy atom. The van der Waals surface area contributed by atoms with Gasteiger partial charge in [0, 0.05) is 18.9 Å². The minimum absolute atomic E-state index is 0.544. The van der Waals surface area contributed by atoms with Crippen molar-refractivity contribution < 1.29 is 8.85 Å². The van der Waals surface area contributed by atoms with Crippen molar-refractivity contribution in [3.63, 3.8) is 0 Å². The summed E-state index contributed by atoms with van der Waals surface area (Å²) < 4.78 is 15.5. The van der Waals surface area contributed by atoms with Crippen LogP contribution in [-0.4, -0.2) is 48.9 Å². The van der Waals surface area contributed by atoms with Gasteiger partial charge in [-0.05, 0) is 20.3 Å². The normalized spacial score (nSPS) is 14.2. The summed E-state index contributed by atoms with van der Waals surface area (Å²) in [6.07, 6.45) is 13.8. The first-order valence-electron chi connectivity index (χ1n) is 12.1. The molecule has 28 heavy (non-hydrogen) atoms. The van der Waals surface area contributed by atoms with Crippen molar-refractivity contribution in [3.8, 4) is 0 Å². The van der Waals surface area contributed by atoms with Crippen LogP contribution in [0.1, 0.15) is 85.0 Å². The third-order valence-corrected chi connectivity index (χ3v) is 16.1. The van der Waals surface area contributed by atoms with E-state index in [0.717, 1.165) is 13.2 Å². The van der Waals surface area contributed by atoms with E-state index < -0.39 is 25.8 Å². The van der Waals surface area contributed by atoms with Crippen molar-refractivity contribution in [2.75, 3.05) is 13.2 Å². The predicted octanol–water partition coefficient (Wildman–Crippen LogP) is 7.08. The molecule has 0 N–H and O–H groups in total. The van der Waals surface area contributed by atoms with Gasteiger partial charge in [0.1, 0.15) is 16.5 Å². The SMILES string of the molecule is CCCCCCCCCCCC(N([Si](C)(C)C)[Si](C)(C)C)[SiH](OCC)OCC. The topological polar surface area (TPSA) is 21.7 Å². The number of rotatable bonds is 18. The Balaban J connectivity index is 4.86. The van der Waals surface area contributed by atoms with Gasteiger partial charge in [-0.25, -0.2) is 0 Å². The Kier molecular flexibility index (Phi) is 15.6. The van der Waals surface area contributed by atoms with Gasteiger partial charge in [0.05, 0.1) is 0 Å². The van der Waals surface area contributed by atoms with E-state index in [1.165, 1.54) is 64.2 Å². The maximum Gasteiger partial charge on any atom is 0.337 e. The van der Waals surface area contributed by atoms with Crippen LogP contribution in [0.4, 0.5) is 0 Å². The summed E-state index contributed by atoms with van der Waals surface area (Å²) in [5.74, 6) is 0. The Bertz CT molecular complexity index is 350. The quantitative estimate of drug-likeness (QED) is 0.165. The molecule has 0 radical (unpaired) electrons. The van der Waals surface area contributed by atoms with Crippen LogP contribution in [0.2, 0.25) is 39.3 Å². The zero-order valence-corrected chi connectivity index (χ0v) is 24.1. The Hall–Kier alpha value is 0.531. The standard InChI is InChI=1S/C22H53NO2Si3/c1-10-13-14-15-16-17-18-19-20-21-22(26(24-11-2)25-12-3)23(27(4,5)6)28(7,8)9/h22,26H,10-21H2,1-9H3. The second-order valence-corrected chi connectivity index (χ2v) is 22.4. The molecule has 6 heteroatoms. The fourth-order valence-electron chi connectivity index (χ4n) is 4.65. The Labute approximate surface area is 182 Å². The number of hydrogen-bond acceptors (Lipinski definition) is 3. The van der Waals surface area contributed by atoms with Crippen molar-refractivity contribution in [2.24, 2.45) is 0 Å². The smallest absolute Gasteiger partial charge is 0.337 e. The van der Waals surface area contributed by atoms with Crippen molar-refractivity contribution >= 4 is 25.8 Å². The van der Waals surface area contributed by atoms with Crippen molar-refractivity contribution in [1.82, 2.24) is 4.23 Å². The number of hydrogen-bond donors (Lipinski definition) is 0. The minimum Gasteiger partial charge on any atom is -0.396 e. The molecule has 170 valence electrons. The monoisotopic (exact) mass is 447 g/mol. The summed E-state index contributed by atoms with van der Waals surface area (Å²) in [6, 6.07) is 0. The lowest BCUT2D eigenvalue weighted by Crippen LogP contribution is -2.67. The molecule has 0 aromatic rings. The van der Waals surface area contributed by atoms with Crippen LogP contribution in [0, 0.1) is 0 Å². The molecule has 0 bridgehead atoms. The molecule has 0 aliphatic heterocycles. The molecule has 0 rings (SSSR count). The minimum atomic E-state index is -1.69. The van der Waals surface area contributed by atoms with E-state index in [9.17, 15) is 0 Å². The summed E-state index contributed by atoms with van der Waals surface area (Å²) in [6.45, 7) is 23.2. The molecule has 0 amide bonds. The van der Waals surface area contributed by atoms with Gasteiger partial charge in [0.25, 0.3) is 0 Å². The molecular weight excluding hydrogens is 395 g/mol. The molecule has 0 heterocycles. The highest BCUT2D eigenvalue weighted by atomic mass is 28.4. The van der Waals surface area contributed by atoms with Crippen LogP contribution >= 0.6 is 0 Å². The highest BCUT2D eigenvalue weighted by Gasteiger charge is 2.43. The van der Waals surface area contributed by atoms with Crippen LogP contribution in [-0.2, 0) is 8.85 Å². The molecule has 0 aliphatic carbocycles. The van der Waals surface area contributed by atoms with Gasteiger partial charge >= 0.3 is 9.28 Å². The second-order valence-electron chi connectivity index (χ2n) is 10.2. The van der Waals surface area contributed by atoms with Gasteiger partial charge in [-0.3, -0.25) is 0 Å². The van der Waals surface area contributed by atoms with Gasteiger partial charge in [-0.15, -0.1) is 0 Å². The largest absolute Gasteiger partial charge is 0.396 e. The first-order valence-corrected chi connectivity index (χ1v) is 20.6. The molecule has 3 nitrogen and oxygen atoms in total. The van der Waals surface area contributed by atoms with E-state index >= 15 is 0 Å². The molecule has 1 unspecified atom stereocenters. The first kappa shape index (κ1) is 28.5. The molecule has 0 saturated heterocycles. The maximum absolute atomic E-state index is 6.27. The second kappa shape index (κ2) is 15.3. The lowest BCUT2D eigenvalue weighted by Gasteiger charge is -2.50. The lowest BCUT2D eigenvalue weighted by atomic mass is 10.1. The first-order chi connectivity index (χ1) is 13.1. The Morgan fingerprint density at radius 1 is 0.643 bits per heavy atom. The van der Waals surface area contributed by atoms with Gasteiger partial charge in [0.2, 0.25) is 0 Å². The molecule has 0 aromatic heterocycles. The highest BCUT2D eigenvalue weighted by molar-refractivity contribution is 6.90. The van der Waals surface area contributed by atoms with Gasteiger partial charge in [-0.2, -0.15) is 0 Å². The summed E-state index contributed by atoms with van der Waals surface area (Å²) in [7, 11) is -4.55. The van der Waals surface area contributed by atoms with E-state index in [0.29, 0.717) is 5.67 Å². The molecule has 0 aromatic carbocycles. The maximum atomic E-state index is 6.27. The van der Waals surface area contributed by atoms with Crippen LogP contribution in [0.25, 0.3) is 0 Å². The highest BCUT2D eigenvalue weighted by Crippen LogP contribution is 2.28. The van der Waals surface area contributed by atoms with Crippen molar-refractivity contribution in [2.45, 2.75) is 130 Å². The number of nitrogens with zero attached hydrogens (tertiary/aromatic N) is 1. The summed E-state index contributed by atoms with van der Waals surface area (Å²) in [5, 5.41) is 0. The Morgan fingerprint density at radius 2 is 1.04 bits per heavy atom. The fraction of sp³-hybridized carbons (Fsp3) is 1.00. The summed E-state index contributed by atoms with van der Waals surface area (Å²) in [5.41, 5.74) is 0.544. The van der Waals surface area contributed by atoms with E-state index in [-0.39, 0.29) is 0 Å².